The standard InChI is InChI=1S/C7H9NO2/c1-2-5(8)7-6(9)3-4-10-7/h2-5,9H,1,8H2/t5-/m1/s1. The molecule has 1 aromatic heterocycles. The quantitative estimate of drug-likeness (QED) is 0.604. The molecule has 1 atom stereocenters. The second-order valence-electron chi connectivity index (χ2n) is 1.93. The molecule has 3 N–H and O–H groups in total. The van der Waals surface area contributed by atoms with Crippen molar-refractivity contribution in [1.82, 2.24) is 0 Å². The van der Waals surface area contributed by atoms with Crippen LogP contribution in [0, 0.1) is 0 Å². The smallest absolute Gasteiger partial charge is 0.165 e. The van der Waals surface area contributed by atoms with Gasteiger partial charge in [-0.15, -0.1) is 6.58 Å². The van der Waals surface area contributed by atoms with E-state index in [0.29, 0.717) is 5.76 Å². The van der Waals surface area contributed by atoms with E-state index in [0.717, 1.165) is 0 Å². The van der Waals surface area contributed by atoms with Crippen LogP contribution in [-0.2, 0) is 0 Å². The van der Waals surface area contributed by atoms with Crippen molar-refractivity contribution in [2.45, 2.75) is 6.04 Å². The van der Waals surface area contributed by atoms with Crippen LogP contribution >= 0.6 is 0 Å². The maximum atomic E-state index is 9.03. The highest BCUT2D eigenvalue weighted by Crippen LogP contribution is 2.23. The van der Waals surface area contributed by atoms with E-state index in [1.165, 1.54) is 18.4 Å². The molecule has 0 aliphatic rings. The number of nitrogens with two attached hydrogens (primary N) is 1. The zero-order valence-corrected chi connectivity index (χ0v) is 5.45. The van der Waals surface area contributed by atoms with E-state index < -0.39 is 6.04 Å². The molecule has 0 aliphatic carbocycles. The Hall–Kier alpha value is -1.22. The van der Waals surface area contributed by atoms with Gasteiger partial charge in [-0.2, -0.15) is 0 Å². The van der Waals surface area contributed by atoms with Gasteiger partial charge >= 0.3 is 0 Å². The van der Waals surface area contributed by atoms with Crippen LogP contribution in [0.3, 0.4) is 0 Å². The van der Waals surface area contributed by atoms with Crippen LogP contribution in [0.25, 0.3) is 0 Å². The lowest BCUT2D eigenvalue weighted by Gasteiger charge is -2.00. The lowest BCUT2D eigenvalue weighted by molar-refractivity contribution is 0.423. The summed E-state index contributed by atoms with van der Waals surface area (Å²) in [5.74, 6) is 0.433. The van der Waals surface area contributed by atoms with Gasteiger partial charge in [0.05, 0.1) is 12.3 Å². The third kappa shape index (κ3) is 1.04. The molecule has 0 aliphatic heterocycles. The first-order valence-corrected chi connectivity index (χ1v) is 2.90. The lowest BCUT2D eigenvalue weighted by atomic mass is 10.2. The summed E-state index contributed by atoms with van der Waals surface area (Å²) in [5.41, 5.74) is 5.47. The Morgan fingerprint density at radius 2 is 2.50 bits per heavy atom. The average Bonchev–Trinajstić information content (AvgIpc) is 2.34. The maximum absolute atomic E-state index is 9.03. The van der Waals surface area contributed by atoms with Gasteiger partial charge in [0.2, 0.25) is 0 Å². The van der Waals surface area contributed by atoms with E-state index in [4.69, 9.17) is 15.3 Å². The maximum Gasteiger partial charge on any atom is 0.165 e. The van der Waals surface area contributed by atoms with Crippen molar-refractivity contribution in [3.63, 3.8) is 0 Å². The Balaban J connectivity index is 2.92. The molecule has 1 aromatic rings. The molecule has 0 bridgehead atoms. The highest BCUT2D eigenvalue weighted by Gasteiger charge is 2.09. The first-order valence-electron chi connectivity index (χ1n) is 2.90. The normalized spacial score (nSPS) is 12.9. The summed E-state index contributed by atoms with van der Waals surface area (Å²) in [7, 11) is 0. The molecule has 1 rings (SSSR count). The van der Waals surface area contributed by atoms with Crippen LogP contribution in [0.5, 0.6) is 5.75 Å². The van der Waals surface area contributed by atoms with E-state index in [1.807, 2.05) is 0 Å². The minimum atomic E-state index is -0.421. The molecule has 0 unspecified atom stereocenters. The fraction of sp³-hybridized carbons (Fsp3) is 0.143. The van der Waals surface area contributed by atoms with Gasteiger partial charge in [0.15, 0.2) is 11.5 Å². The fourth-order valence-corrected chi connectivity index (χ4v) is 0.671. The van der Waals surface area contributed by atoms with E-state index in [-0.39, 0.29) is 5.75 Å². The van der Waals surface area contributed by atoms with E-state index in [9.17, 15) is 0 Å². The minimum Gasteiger partial charge on any atom is -0.504 e. The second-order valence-corrected chi connectivity index (χ2v) is 1.93. The summed E-state index contributed by atoms with van der Waals surface area (Å²) >= 11 is 0. The first-order chi connectivity index (χ1) is 4.75. The summed E-state index contributed by atoms with van der Waals surface area (Å²) in [6.07, 6.45) is 2.88. The molecule has 0 spiro atoms. The van der Waals surface area contributed by atoms with Crippen molar-refractivity contribution in [2.24, 2.45) is 5.73 Å². The Morgan fingerprint density at radius 1 is 1.80 bits per heavy atom. The fourth-order valence-electron chi connectivity index (χ4n) is 0.671. The number of hydrogen-bond donors (Lipinski definition) is 2. The number of furan rings is 1. The van der Waals surface area contributed by atoms with Crippen molar-refractivity contribution >= 4 is 0 Å². The predicted octanol–water partition coefficient (Wildman–Crippen LogP) is 1.17. The van der Waals surface area contributed by atoms with E-state index in [1.54, 1.807) is 0 Å². The van der Waals surface area contributed by atoms with E-state index >= 15 is 0 Å². The summed E-state index contributed by atoms with van der Waals surface area (Å²) in [6, 6.07) is 1.02. The summed E-state index contributed by atoms with van der Waals surface area (Å²) in [6.45, 7) is 3.46. The third-order valence-corrected chi connectivity index (χ3v) is 1.23. The van der Waals surface area contributed by atoms with Crippen LogP contribution in [0.15, 0.2) is 29.4 Å². The number of hydrogen-bond acceptors (Lipinski definition) is 3. The molecular weight excluding hydrogens is 130 g/mol. The highest BCUT2D eigenvalue weighted by molar-refractivity contribution is 5.27. The molecule has 3 heteroatoms. The summed E-state index contributed by atoms with van der Waals surface area (Å²) < 4.78 is 4.87. The van der Waals surface area contributed by atoms with Gasteiger partial charge in [0.25, 0.3) is 0 Å². The predicted molar refractivity (Wildman–Crippen MR) is 37.5 cm³/mol. The second kappa shape index (κ2) is 2.58. The van der Waals surface area contributed by atoms with Crippen LogP contribution in [0.1, 0.15) is 11.8 Å². The minimum absolute atomic E-state index is 0.0763. The average molecular weight is 139 g/mol. The van der Waals surface area contributed by atoms with Crippen molar-refractivity contribution < 1.29 is 9.52 Å². The summed E-state index contributed by atoms with van der Waals surface area (Å²) in [4.78, 5) is 0. The van der Waals surface area contributed by atoms with Gasteiger partial charge in [0, 0.05) is 6.07 Å². The molecule has 0 saturated carbocycles. The van der Waals surface area contributed by atoms with Crippen molar-refractivity contribution in [3.05, 3.63) is 30.7 Å². The molecule has 10 heavy (non-hydrogen) atoms. The number of aromatic hydroxyl groups is 1. The molecule has 0 amide bonds. The van der Waals surface area contributed by atoms with Crippen molar-refractivity contribution in [2.75, 3.05) is 0 Å². The third-order valence-electron chi connectivity index (χ3n) is 1.23. The molecule has 3 nitrogen and oxygen atoms in total. The molecule has 1 heterocycles. The van der Waals surface area contributed by atoms with Gasteiger partial charge in [-0.3, -0.25) is 0 Å². The lowest BCUT2D eigenvalue weighted by Crippen LogP contribution is -2.04. The molecular formula is C7H9NO2. The molecule has 0 saturated heterocycles. The first kappa shape index (κ1) is 6.89. The van der Waals surface area contributed by atoms with Gasteiger partial charge in [0.1, 0.15) is 0 Å². The van der Waals surface area contributed by atoms with Crippen molar-refractivity contribution in [3.8, 4) is 5.75 Å². The number of rotatable bonds is 2. The molecule has 0 fully saturated rings. The Morgan fingerprint density at radius 3 is 2.90 bits per heavy atom. The Bertz CT molecular complexity index is 229. The molecule has 0 radical (unpaired) electrons. The Kier molecular flexibility index (Phi) is 1.78. The zero-order valence-electron chi connectivity index (χ0n) is 5.45. The van der Waals surface area contributed by atoms with Gasteiger partial charge in [-0.1, -0.05) is 6.08 Å². The van der Waals surface area contributed by atoms with Crippen LogP contribution in [0.4, 0.5) is 0 Å². The Labute approximate surface area is 58.8 Å². The SMILES string of the molecule is C=C[C@@H](N)c1occc1O. The molecule has 0 aromatic carbocycles. The van der Waals surface area contributed by atoms with Crippen LogP contribution in [0.2, 0.25) is 0 Å². The molecule has 54 valence electrons. The largest absolute Gasteiger partial charge is 0.504 e. The van der Waals surface area contributed by atoms with Crippen molar-refractivity contribution in [1.29, 1.82) is 0 Å². The van der Waals surface area contributed by atoms with Crippen LogP contribution in [-0.4, -0.2) is 5.11 Å². The van der Waals surface area contributed by atoms with E-state index in [2.05, 4.69) is 6.58 Å². The summed E-state index contributed by atoms with van der Waals surface area (Å²) in [5, 5.41) is 9.03. The van der Waals surface area contributed by atoms with Gasteiger partial charge < -0.3 is 15.3 Å². The van der Waals surface area contributed by atoms with Crippen LogP contribution < -0.4 is 5.73 Å². The monoisotopic (exact) mass is 139 g/mol. The highest BCUT2D eigenvalue weighted by atomic mass is 16.4. The van der Waals surface area contributed by atoms with Gasteiger partial charge in [-0.05, 0) is 0 Å². The topological polar surface area (TPSA) is 59.4 Å². The zero-order chi connectivity index (χ0) is 7.56. The van der Waals surface area contributed by atoms with Gasteiger partial charge in [-0.25, -0.2) is 0 Å².